The lowest BCUT2D eigenvalue weighted by atomic mass is 10.0. The van der Waals surface area contributed by atoms with Gasteiger partial charge in [-0.25, -0.2) is 4.57 Å². The average Bonchev–Trinajstić information content (AvgIpc) is 2.66. The molecule has 170 valence electrons. The summed E-state index contributed by atoms with van der Waals surface area (Å²) in [6.07, 6.45) is 25.5. The van der Waals surface area contributed by atoms with Gasteiger partial charge in [-0.2, -0.15) is 0 Å². The Morgan fingerprint density at radius 2 is 0.857 bits per heavy atom. The molecule has 0 rings (SSSR count). The zero-order valence-electron chi connectivity index (χ0n) is 19.0. The molecule has 0 heterocycles. The molecule has 5 heteroatoms. The molecule has 1 unspecified atom stereocenters. The number of phosphoric acid groups is 1. The molecule has 0 aliphatic rings. The molecule has 0 spiro atoms. The third-order valence-corrected chi connectivity index (χ3v) is 6.39. The van der Waals surface area contributed by atoms with Crippen LogP contribution in [0.25, 0.3) is 0 Å². The highest BCUT2D eigenvalue weighted by molar-refractivity contribution is 7.47. The van der Waals surface area contributed by atoms with Crippen LogP contribution in [0.4, 0.5) is 0 Å². The van der Waals surface area contributed by atoms with Gasteiger partial charge in [0.2, 0.25) is 0 Å². The van der Waals surface area contributed by atoms with E-state index in [9.17, 15) is 9.46 Å². The fourth-order valence-electron chi connectivity index (χ4n) is 3.56. The van der Waals surface area contributed by atoms with Crippen molar-refractivity contribution in [1.82, 2.24) is 0 Å². The van der Waals surface area contributed by atoms with Gasteiger partial charge in [-0.05, 0) is 13.3 Å². The summed E-state index contributed by atoms with van der Waals surface area (Å²) in [4.78, 5) is 9.28. The van der Waals surface area contributed by atoms with E-state index in [1.165, 1.54) is 109 Å². The fraction of sp³-hybridized carbons (Fsp3) is 1.00. The van der Waals surface area contributed by atoms with Gasteiger partial charge in [0, 0.05) is 0 Å². The lowest BCUT2D eigenvalue weighted by molar-refractivity contribution is 0.153. The maximum atomic E-state index is 11.3. The third-order valence-electron chi connectivity index (χ3n) is 5.29. The Morgan fingerprint density at radius 1 is 0.536 bits per heavy atom. The summed E-state index contributed by atoms with van der Waals surface area (Å²) < 4.78 is 20.9. The molecule has 0 aliphatic carbocycles. The molecule has 0 saturated heterocycles. The fourth-order valence-corrected chi connectivity index (χ4v) is 4.32. The van der Waals surface area contributed by atoms with Gasteiger partial charge >= 0.3 is 7.82 Å². The first-order chi connectivity index (χ1) is 13.6. The van der Waals surface area contributed by atoms with Crippen molar-refractivity contribution < 1.29 is 18.5 Å². The molecule has 0 bridgehead atoms. The van der Waals surface area contributed by atoms with Crippen LogP contribution >= 0.6 is 7.82 Å². The van der Waals surface area contributed by atoms with Crippen LogP contribution in [0.1, 0.15) is 136 Å². The second-order valence-electron chi connectivity index (χ2n) is 8.08. The molecule has 1 N–H and O–H groups in total. The van der Waals surface area contributed by atoms with E-state index in [-0.39, 0.29) is 6.61 Å². The summed E-state index contributed by atoms with van der Waals surface area (Å²) in [5.74, 6) is 0. The lowest BCUT2D eigenvalue weighted by Crippen LogP contribution is -1.96. The molecular weight excluding hydrogens is 371 g/mol. The molecule has 0 aromatic carbocycles. The van der Waals surface area contributed by atoms with Crippen molar-refractivity contribution in [1.29, 1.82) is 0 Å². The van der Waals surface area contributed by atoms with Crippen molar-refractivity contribution >= 4 is 7.82 Å². The Labute approximate surface area is 175 Å². The van der Waals surface area contributed by atoms with Crippen LogP contribution < -0.4 is 0 Å². The van der Waals surface area contributed by atoms with E-state index in [0.717, 1.165) is 12.8 Å². The van der Waals surface area contributed by atoms with E-state index >= 15 is 0 Å². The van der Waals surface area contributed by atoms with Crippen LogP contribution in [0.5, 0.6) is 0 Å². The average molecular weight is 421 g/mol. The predicted octanol–water partition coefficient (Wildman–Crippen LogP) is 8.57. The van der Waals surface area contributed by atoms with Crippen LogP contribution in [0.3, 0.4) is 0 Å². The van der Waals surface area contributed by atoms with Gasteiger partial charge in [0.1, 0.15) is 0 Å². The molecule has 0 aromatic heterocycles. The molecule has 0 amide bonds. The topological polar surface area (TPSA) is 55.8 Å². The Bertz CT molecular complexity index is 349. The minimum atomic E-state index is -3.79. The maximum absolute atomic E-state index is 11.3. The van der Waals surface area contributed by atoms with E-state index in [4.69, 9.17) is 4.52 Å². The number of hydrogen-bond acceptors (Lipinski definition) is 3. The summed E-state index contributed by atoms with van der Waals surface area (Å²) in [7, 11) is -3.79. The van der Waals surface area contributed by atoms with Crippen LogP contribution in [-0.4, -0.2) is 18.1 Å². The Hall–Kier alpha value is 0.110. The van der Waals surface area contributed by atoms with Gasteiger partial charge in [0.05, 0.1) is 13.2 Å². The van der Waals surface area contributed by atoms with Crippen LogP contribution in [0.2, 0.25) is 0 Å². The molecule has 28 heavy (non-hydrogen) atoms. The summed E-state index contributed by atoms with van der Waals surface area (Å²) >= 11 is 0. The highest BCUT2D eigenvalue weighted by Gasteiger charge is 2.18. The number of hydrogen-bond donors (Lipinski definition) is 1. The predicted molar refractivity (Wildman–Crippen MR) is 121 cm³/mol. The van der Waals surface area contributed by atoms with Gasteiger partial charge < -0.3 is 4.89 Å². The smallest absolute Gasteiger partial charge is 0.302 e. The zero-order chi connectivity index (χ0) is 20.8. The van der Waals surface area contributed by atoms with Gasteiger partial charge in [-0.15, -0.1) is 0 Å². The zero-order valence-corrected chi connectivity index (χ0v) is 19.9. The number of unbranched alkanes of at least 4 members (excludes halogenated alkanes) is 18. The van der Waals surface area contributed by atoms with E-state index in [2.05, 4.69) is 11.4 Å². The quantitative estimate of drug-likeness (QED) is 0.133. The molecule has 0 aliphatic heterocycles. The second-order valence-corrected chi connectivity index (χ2v) is 9.54. The molecule has 4 nitrogen and oxygen atoms in total. The summed E-state index contributed by atoms with van der Waals surface area (Å²) in [5, 5.41) is 0. The molecule has 0 saturated carbocycles. The van der Waals surface area contributed by atoms with Crippen molar-refractivity contribution in [2.75, 3.05) is 13.2 Å². The number of phosphoric ester groups is 1. The Balaban J connectivity index is 3.10. The van der Waals surface area contributed by atoms with Crippen molar-refractivity contribution in [2.24, 2.45) is 0 Å². The number of rotatable bonds is 23. The molecule has 0 radical (unpaired) electrons. The van der Waals surface area contributed by atoms with Crippen molar-refractivity contribution in [2.45, 2.75) is 136 Å². The minimum absolute atomic E-state index is 0.201. The van der Waals surface area contributed by atoms with Gasteiger partial charge in [-0.3, -0.25) is 9.05 Å². The Morgan fingerprint density at radius 3 is 1.18 bits per heavy atom. The first-order valence-corrected chi connectivity index (χ1v) is 13.7. The molecular formula is C23H49O4P. The van der Waals surface area contributed by atoms with E-state index < -0.39 is 7.82 Å². The van der Waals surface area contributed by atoms with Gasteiger partial charge in [0.15, 0.2) is 0 Å². The monoisotopic (exact) mass is 420 g/mol. The SMILES string of the molecule is CCCCCCCCCCCCCCCCCCCCCOP(=O)(O)OCC. The normalized spacial score (nSPS) is 13.7. The van der Waals surface area contributed by atoms with Gasteiger partial charge in [0.25, 0.3) is 0 Å². The standard InChI is InChI=1S/C23H49O4P/c1-3-5-6-7-8-9-10-11-12-13-14-15-16-17-18-19-20-21-22-23-27-28(24,25)26-4-2/h3-23H2,1-2H3,(H,24,25). The molecule has 0 fully saturated rings. The van der Waals surface area contributed by atoms with E-state index in [0.29, 0.717) is 6.61 Å². The van der Waals surface area contributed by atoms with Crippen molar-refractivity contribution in [3.8, 4) is 0 Å². The molecule has 0 aromatic rings. The summed E-state index contributed by atoms with van der Waals surface area (Å²) in [6, 6.07) is 0. The highest BCUT2D eigenvalue weighted by Crippen LogP contribution is 2.42. The lowest BCUT2D eigenvalue weighted by Gasteiger charge is -2.10. The summed E-state index contributed by atoms with van der Waals surface area (Å²) in [6.45, 7) is 4.48. The Kier molecular flexibility index (Phi) is 21.9. The van der Waals surface area contributed by atoms with Crippen LogP contribution in [0.15, 0.2) is 0 Å². The highest BCUT2D eigenvalue weighted by atomic mass is 31.2. The van der Waals surface area contributed by atoms with E-state index in [1.807, 2.05) is 0 Å². The first kappa shape index (κ1) is 28.1. The van der Waals surface area contributed by atoms with Crippen molar-refractivity contribution in [3.05, 3.63) is 0 Å². The minimum Gasteiger partial charge on any atom is -0.302 e. The van der Waals surface area contributed by atoms with Crippen LogP contribution in [0, 0.1) is 0 Å². The third kappa shape index (κ3) is 22.4. The van der Waals surface area contributed by atoms with Crippen molar-refractivity contribution in [3.63, 3.8) is 0 Å². The van der Waals surface area contributed by atoms with Gasteiger partial charge in [-0.1, -0.05) is 122 Å². The largest absolute Gasteiger partial charge is 0.472 e. The molecule has 1 atom stereocenters. The first-order valence-electron chi connectivity index (χ1n) is 12.2. The summed E-state index contributed by atoms with van der Waals surface area (Å²) in [5.41, 5.74) is 0. The van der Waals surface area contributed by atoms with Crippen LogP contribution in [-0.2, 0) is 13.6 Å². The maximum Gasteiger partial charge on any atom is 0.472 e. The second kappa shape index (κ2) is 21.8. The van der Waals surface area contributed by atoms with E-state index in [1.54, 1.807) is 6.92 Å².